The smallest absolute Gasteiger partial charge is 0.228 e. The normalized spacial score (nSPS) is 12.6. The summed E-state index contributed by atoms with van der Waals surface area (Å²) < 4.78 is 15.8. The second kappa shape index (κ2) is 7.48. The maximum absolute atomic E-state index is 13.7. The highest BCUT2D eigenvalue weighted by atomic mass is 19.1. The predicted molar refractivity (Wildman–Crippen MR) is 107 cm³/mol. The van der Waals surface area contributed by atoms with Crippen LogP contribution in [-0.2, 0) is 4.79 Å². The van der Waals surface area contributed by atoms with E-state index in [1.54, 1.807) is 13.0 Å². The van der Waals surface area contributed by atoms with Crippen LogP contribution in [0.1, 0.15) is 32.4 Å². The number of hydrogen-bond donors (Lipinski definition) is 2. The third-order valence-corrected chi connectivity index (χ3v) is 4.71. The lowest BCUT2D eigenvalue weighted by Gasteiger charge is -2.15. The monoisotopic (exact) mass is 368 g/mol. The number of carbonyl (C=O) groups is 1. The summed E-state index contributed by atoms with van der Waals surface area (Å²) in [5.41, 5.74) is 9.69. The molecule has 142 valence electrons. The van der Waals surface area contributed by atoms with Crippen LogP contribution in [0.3, 0.4) is 0 Å². The highest BCUT2D eigenvalue weighted by Crippen LogP contribution is 2.31. The predicted octanol–water partition coefficient (Wildman–Crippen LogP) is 4.27. The summed E-state index contributed by atoms with van der Waals surface area (Å²) in [6.07, 6.45) is 0. The van der Waals surface area contributed by atoms with Gasteiger partial charge in [-0.3, -0.25) is 4.79 Å². The zero-order valence-corrected chi connectivity index (χ0v) is 16.1. The average Bonchev–Trinajstić information content (AvgIpc) is 3.01. The van der Waals surface area contributed by atoms with Crippen molar-refractivity contribution in [1.29, 1.82) is 0 Å². The minimum Gasteiger partial charge on any atom is -0.330 e. The number of carbonyl (C=O) groups excluding carboxylic acids is 1. The summed E-state index contributed by atoms with van der Waals surface area (Å²) in [7, 11) is 0. The van der Waals surface area contributed by atoms with E-state index in [2.05, 4.69) is 5.32 Å². The van der Waals surface area contributed by atoms with Gasteiger partial charge in [-0.1, -0.05) is 6.92 Å². The molecule has 1 heterocycles. The van der Waals surface area contributed by atoms with Gasteiger partial charge in [0.25, 0.3) is 0 Å². The van der Waals surface area contributed by atoms with Gasteiger partial charge in [-0.2, -0.15) is 0 Å². The molecule has 0 spiro atoms. The SMILES string of the molecule is Cc1cc(-c2nc3ccc(F)cc3n2C(C)C)ccc1NC(=O)C(C)CN. The number of aromatic nitrogens is 2. The van der Waals surface area contributed by atoms with Crippen molar-refractivity contribution in [2.45, 2.75) is 33.7 Å². The van der Waals surface area contributed by atoms with Crippen LogP contribution in [0, 0.1) is 18.7 Å². The third kappa shape index (κ3) is 3.71. The molecule has 3 rings (SSSR count). The fourth-order valence-corrected chi connectivity index (χ4v) is 3.10. The molecule has 3 N–H and O–H groups in total. The van der Waals surface area contributed by atoms with Gasteiger partial charge in [0, 0.05) is 29.8 Å². The van der Waals surface area contributed by atoms with E-state index in [0.717, 1.165) is 33.7 Å². The Morgan fingerprint density at radius 3 is 2.59 bits per heavy atom. The van der Waals surface area contributed by atoms with E-state index in [1.807, 2.05) is 43.5 Å². The molecule has 0 bridgehead atoms. The maximum atomic E-state index is 13.7. The Balaban J connectivity index is 2.03. The molecular formula is C21H25FN4O. The number of nitrogens with zero attached hydrogens (tertiary/aromatic N) is 2. The van der Waals surface area contributed by atoms with E-state index in [-0.39, 0.29) is 23.7 Å². The van der Waals surface area contributed by atoms with Crippen molar-refractivity contribution < 1.29 is 9.18 Å². The van der Waals surface area contributed by atoms with Crippen LogP contribution in [0.25, 0.3) is 22.4 Å². The number of hydrogen-bond acceptors (Lipinski definition) is 3. The fraction of sp³-hybridized carbons (Fsp3) is 0.333. The van der Waals surface area contributed by atoms with Crippen LogP contribution < -0.4 is 11.1 Å². The minimum absolute atomic E-state index is 0.0988. The van der Waals surface area contributed by atoms with E-state index in [4.69, 9.17) is 10.7 Å². The second-order valence-corrected chi connectivity index (χ2v) is 7.19. The Labute approximate surface area is 158 Å². The summed E-state index contributed by atoms with van der Waals surface area (Å²) in [5.74, 6) is 0.156. The van der Waals surface area contributed by atoms with Gasteiger partial charge in [-0.15, -0.1) is 0 Å². The van der Waals surface area contributed by atoms with E-state index in [9.17, 15) is 9.18 Å². The van der Waals surface area contributed by atoms with Gasteiger partial charge in [0.15, 0.2) is 0 Å². The molecule has 0 saturated carbocycles. The first kappa shape index (κ1) is 19.0. The van der Waals surface area contributed by atoms with Crippen molar-refractivity contribution in [2.75, 3.05) is 11.9 Å². The summed E-state index contributed by atoms with van der Waals surface area (Å²) in [5, 5.41) is 2.92. The van der Waals surface area contributed by atoms with E-state index in [1.165, 1.54) is 12.1 Å². The van der Waals surface area contributed by atoms with E-state index < -0.39 is 0 Å². The number of amides is 1. The Hall–Kier alpha value is -2.73. The van der Waals surface area contributed by atoms with Crippen molar-refractivity contribution in [1.82, 2.24) is 9.55 Å². The molecule has 5 nitrogen and oxygen atoms in total. The molecule has 3 aromatic rings. The Bertz CT molecular complexity index is 993. The Kier molecular flexibility index (Phi) is 5.28. The lowest BCUT2D eigenvalue weighted by Crippen LogP contribution is -2.26. The average molecular weight is 368 g/mol. The van der Waals surface area contributed by atoms with Crippen LogP contribution in [0.4, 0.5) is 10.1 Å². The number of rotatable bonds is 5. The van der Waals surface area contributed by atoms with Gasteiger partial charge < -0.3 is 15.6 Å². The molecule has 1 unspecified atom stereocenters. The molecule has 0 aliphatic carbocycles. The number of nitrogens with two attached hydrogens (primary N) is 1. The lowest BCUT2D eigenvalue weighted by atomic mass is 10.1. The standard InChI is InChI=1S/C21H25FN4O/c1-12(2)26-19-10-16(22)6-8-18(19)24-20(26)15-5-7-17(13(3)9-15)25-21(27)14(4)11-23/h5-10,12,14H,11,23H2,1-4H3,(H,25,27). The number of benzene rings is 2. The number of fused-ring (bicyclic) bond motifs is 1. The van der Waals surface area contributed by atoms with Gasteiger partial charge in [0.05, 0.1) is 11.0 Å². The van der Waals surface area contributed by atoms with Gasteiger partial charge in [0.1, 0.15) is 11.6 Å². The first-order chi connectivity index (χ1) is 12.8. The summed E-state index contributed by atoms with van der Waals surface area (Å²) in [6.45, 7) is 8.13. The topological polar surface area (TPSA) is 72.9 Å². The highest BCUT2D eigenvalue weighted by Gasteiger charge is 2.17. The maximum Gasteiger partial charge on any atom is 0.228 e. The Morgan fingerprint density at radius 2 is 1.96 bits per heavy atom. The zero-order chi connectivity index (χ0) is 19.7. The molecular weight excluding hydrogens is 343 g/mol. The molecule has 0 saturated heterocycles. The minimum atomic E-state index is -0.279. The van der Waals surface area contributed by atoms with Crippen LogP contribution in [0.15, 0.2) is 36.4 Å². The molecule has 27 heavy (non-hydrogen) atoms. The quantitative estimate of drug-likeness (QED) is 0.706. The first-order valence-electron chi connectivity index (χ1n) is 9.11. The summed E-state index contributed by atoms with van der Waals surface area (Å²) >= 11 is 0. The van der Waals surface area contributed by atoms with Gasteiger partial charge >= 0.3 is 0 Å². The Morgan fingerprint density at radius 1 is 1.22 bits per heavy atom. The molecule has 6 heteroatoms. The third-order valence-electron chi connectivity index (χ3n) is 4.71. The molecule has 1 atom stereocenters. The molecule has 2 aromatic carbocycles. The zero-order valence-electron chi connectivity index (χ0n) is 16.1. The van der Waals surface area contributed by atoms with Crippen LogP contribution in [-0.4, -0.2) is 22.0 Å². The van der Waals surface area contributed by atoms with Gasteiger partial charge in [-0.05, 0) is 62.7 Å². The first-order valence-corrected chi connectivity index (χ1v) is 9.11. The fourth-order valence-electron chi connectivity index (χ4n) is 3.10. The lowest BCUT2D eigenvalue weighted by molar-refractivity contribution is -0.119. The van der Waals surface area contributed by atoms with E-state index in [0.29, 0.717) is 6.54 Å². The number of anilines is 1. The second-order valence-electron chi connectivity index (χ2n) is 7.19. The molecule has 0 aliphatic rings. The molecule has 1 amide bonds. The van der Waals surface area contributed by atoms with Crippen molar-refractivity contribution in [3.05, 3.63) is 47.8 Å². The van der Waals surface area contributed by atoms with Gasteiger partial charge in [-0.25, -0.2) is 9.37 Å². The number of halogens is 1. The van der Waals surface area contributed by atoms with Crippen molar-refractivity contribution in [2.24, 2.45) is 11.7 Å². The van der Waals surface area contributed by atoms with E-state index >= 15 is 0 Å². The molecule has 1 aromatic heterocycles. The largest absolute Gasteiger partial charge is 0.330 e. The van der Waals surface area contributed by atoms with Crippen LogP contribution >= 0.6 is 0 Å². The van der Waals surface area contributed by atoms with Crippen LogP contribution in [0.5, 0.6) is 0 Å². The number of nitrogens with one attached hydrogen (secondary N) is 1. The van der Waals surface area contributed by atoms with Gasteiger partial charge in [0.2, 0.25) is 5.91 Å². The van der Waals surface area contributed by atoms with Crippen molar-refractivity contribution >= 4 is 22.6 Å². The van der Waals surface area contributed by atoms with Crippen molar-refractivity contribution in [3.8, 4) is 11.4 Å². The molecule has 0 aliphatic heterocycles. The summed E-state index contributed by atoms with van der Waals surface area (Å²) in [4.78, 5) is 16.8. The molecule has 0 radical (unpaired) electrons. The van der Waals surface area contributed by atoms with Crippen molar-refractivity contribution in [3.63, 3.8) is 0 Å². The number of aryl methyl sites for hydroxylation is 1. The molecule has 0 fully saturated rings. The highest BCUT2D eigenvalue weighted by molar-refractivity contribution is 5.93. The number of imidazole rings is 1. The summed E-state index contributed by atoms with van der Waals surface area (Å²) in [6, 6.07) is 10.5. The van der Waals surface area contributed by atoms with Crippen LogP contribution in [0.2, 0.25) is 0 Å².